The van der Waals surface area contributed by atoms with E-state index in [9.17, 15) is 4.79 Å². The number of primary amides is 1. The minimum atomic E-state index is -0.361. The molecular weight excluding hydrogens is 178 g/mol. The van der Waals surface area contributed by atoms with Crippen LogP contribution in [0.1, 0.15) is 0 Å². The Morgan fingerprint density at radius 1 is 1.50 bits per heavy atom. The minimum Gasteiger partial charge on any atom is -0.389 e. The molecule has 0 radical (unpaired) electrons. The molecule has 1 heterocycles. The van der Waals surface area contributed by atoms with Crippen molar-refractivity contribution in [3.05, 3.63) is 35.6 Å². The van der Waals surface area contributed by atoms with Crippen molar-refractivity contribution < 1.29 is 4.79 Å². The van der Waals surface area contributed by atoms with E-state index in [1.807, 2.05) is 18.4 Å². The lowest BCUT2D eigenvalue weighted by Crippen LogP contribution is -2.38. The van der Waals surface area contributed by atoms with E-state index >= 15 is 0 Å². The fourth-order valence-corrected chi connectivity index (χ4v) is 1.70. The van der Waals surface area contributed by atoms with Gasteiger partial charge in [0.1, 0.15) is 0 Å². The lowest BCUT2D eigenvalue weighted by Gasteiger charge is -2.21. The van der Waals surface area contributed by atoms with Crippen molar-refractivity contribution in [1.82, 2.24) is 10.6 Å². The highest BCUT2D eigenvalue weighted by molar-refractivity contribution is 5.95. The summed E-state index contributed by atoms with van der Waals surface area (Å²) in [5.41, 5.74) is 6.98. The first kappa shape index (κ1) is 9.02. The summed E-state index contributed by atoms with van der Waals surface area (Å²) in [7, 11) is 0. The molecule has 1 amide bonds. The Balaban J connectivity index is 2.32. The SMILES string of the molecule is NC(=O)C1=CC=CC2=CNCCNC21. The van der Waals surface area contributed by atoms with Crippen LogP contribution in [-0.4, -0.2) is 25.0 Å². The number of rotatable bonds is 1. The van der Waals surface area contributed by atoms with Gasteiger partial charge < -0.3 is 16.4 Å². The van der Waals surface area contributed by atoms with Crippen molar-refractivity contribution in [2.24, 2.45) is 5.73 Å². The van der Waals surface area contributed by atoms with Gasteiger partial charge in [0.25, 0.3) is 0 Å². The minimum absolute atomic E-state index is 0.0486. The number of carbonyl (C=O) groups is 1. The van der Waals surface area contributed by atoms with Crippen LogP contribution < -0.4 is 16.4 Å². The van der Waals surface area contributed by atoms with E-state index in [-0.39, 0.29) is 11.9 Å². The third kappa shape index (κ3) is 1.56. The molecule has 0 fully saturated rings. The first-order valence-electron chi connectivity index (χ1n) is 4.64. The van der Waals surface area contributed by atoms with Crippen LogP contribution in [0.4, 0.5) is 0 Å². The maximum Gasteiger partial charge on any atom is 0.246 e. The number of nitrogens with two attached hydrogens (primary N) is 1. The van der Waals surface area contributed by atoms with Gasteiger partial charge in [-0.05, 0) is 5.57 Å². The number of amides is 1. The second-order valence-electron chi connectivity index (χ2n) is 3.33. The molecule has 4 heteroatoms. The van der Waals surface area contributed by atoms with E-state index in [0.717, 1.165) is 18.7 Å². The van der Waals surface area contributed by atoms with Gasteiger partial charge in [0, 0.05) is 24.9 Å². The summed E-state index contributed by atoms with van der Waals surface area (Å²) >= 11 is 0. The van der Waals surface area contributed by atoms with Crippen molar-refractivity contribution >= 4 is 5.91 Å². The molecule has 1 atom stereocenters. The number of nitrogens with one attached hydrogen (secondary N) is 2. The number of fused-ring (bicyclic) bond motifs is 1. The third-order valence-electron chi connectivity index (χ3n) is 2.38. The van der Waals surface area contributed by atoms with Crippen LogP contribution in [0.2, 0.25) is 0 Å². The zero-order valence-electron chi connectivity index (χ0n) is 7.79. The molecule has 4 N–H and O–H groups in total. The van der Waals surface area contributed by atoms with E-state index in [0.29, 0.717) is 5.57 Å². The summed E-state index contributed by atoms with van der Waals surface area (Å²) in [6.45, 7) is 1.68. The van der Waals surface area contributed by atoms with Crippen LogP contribution in [0.5, 0.6) is 0 Å². The molecular formula is C10H13N3O. The average Bonchev–Trinajstić information content (AvgIpc) is 2.41. The van der Waals surface area contributed by atoms with Crippen LogP contribution in [0.15, 0.2) is 35.6 Å². The Labute approximate surface area is 82.5 Å². The normalized spacial score (nSPS) is 25.3. The average molecular weight is 191 g/mol. The maximum atomic E-state index is 11.2. The highest BCUT2D eigenvalue weighted by atomic mass is 16.1. The van der Waals surface area contributed by atoms with E-state index in [1.165, 1.54) is 0 Å². The van der Waals surface area contributed by atoms with Gasteiger partial charge >= 0.3 is 0 Å². The van der Waals surface area contributed by atoms with E-state index in [2.05, 4.69) is 10.6 Å². The van der Waals surface area contributed by atoms with Crippen LogP contribution in [-0.2, 0) is 4.79 Å². The van der Waals surface area contributed by atoms with Gasteiger partial charge in [-0.2, -0.15) is 0 Å². The van der Waals surface area contributed by atoms with Gasteiger partial charge in [-0.25, -0.2) is 0 Å². The van der Waals surface area contributed by atoms with Crippen molar-refractivity contribution in [1.29, 1.82) is 0 Å². The zero-order chi connectivity index (χ0) is 9.97. The second-order valence-corrected chi connectivity index (χ2v) is 3.33. The molecule has 0 aromatic rings. The summed E-state index contributed by atoms with van der Waals surface area (Å²) in [6, 6.07) is -0.0486. The third-order valence-corrected chi connectivity index (χ3v) is 2.38. The summed E-state index contributed by atoms with van der Waals surface area (Å²) in [6.07, 6.45) is 7.51. The first-order chi connectivity index (χ1) is 6.79. The fourth-order valence-electron chi connectivity index (χ4n) is 1.70. The fraction of sp³-hybridized carbons (Fsp3) is 0.300. The molecule has 1 aliphatic heterocycles. The molecule has 2 rings (SSSR count). The van der Waals surface area contributed by atoms with Gasteiger partial charge in [-0.15, -0.1) is 0 Å². The molecule has 1 aliphatic carbocycles. The molecule has 74 valence electrons. The molecule has 0 bridgehead atoms. The Morgan fingerprint density at radius 2 is 2.36 bits per heavy atom. The predicted molar refractivity (Wildman–Crippen MR) is 54.3 cm³/mol. The maximum absolute atomic E-state index is 11.2. The Morgan fingerprint density at radius 3 is 3.14 bits per heavy atom. The summed E-state index contributed by atoms with van der Waals surface area (Å²) < 4.78 is 0. The standard InChI is InChI=1S/C10H13N3O/c11-10(14)8-3-1-2-7-6-12-4-5-13-9(7)8/h1-3,6,9,12-13H,4-5H2,(H2,11,14). The quantitative estimate of drug-likeness (QED) is 0.519. The number of hydrogen-bond acceptors (Lipinski definition) is 3. The van der Waals surface area contributed by atoms with Crippen LogP contribution >= 0.6 is 0 Å². The second kappa shape index (κ2) is 3.67. The Kier molecular flexibility index (Phi) is 2.37. The van der Waals surface area contributed by atoms with Crippen molar-refractivity contribution in [2.45, 2.75) is 6.04 Å². The molecule has 1 unspecified atom stereocenters. The Bertz CT molecular complexity index is 341. The molecule has 0 spiro atoms. The van der Waals surface area contributed by atoms with Crippen molar-refractivity contribution in [3.63, 3.8) is 0 Å². The number of hydrogen-bond donors (Lipinski definition) is 3. The first-order valence-corrected chi connectivity index (χ1v) is 4.64. The van der Waals surface area contributed by atoms with E-state index < -0.39 is 0 Å². The van der Waals surface area contributed by atoms with Gasteiger partial charge in [0.2, 0.25) is 5.91 Å². The monoisotopic (exact) mass is 191 g/mol. The molecule has 14 heavy (non-hydrogen) atoms. The summed E-state index contributed by atoms with van der Waals surface area (Å²) in [5, 5.41) is 6.41. The lowest BCUT2D eigenvalue weighted by atomic mass is 9.94. The summed E-state index contributed by atoms with van der Waals surface area (Å²) in [5.74, 6) is -0.361. The highest BCUT2D eigenvalue weighted by Crippen LogP contribution is 2.18. The number of carbonyl (C=O) groups excluding carboxylic acids is 1. The molecule has 0 saturated carbocycles. The van der Waals surface area contributed by atoms with Crippen LogP contribution in [0.25, 0.3) is 0 Å². The van der Waals surface area contributed by atoms with E-state index in [1.54, 1.807) is 6.08 Å². The van der Waals surface area contributed by atoms with Gasteiger partial charge in [0.05, 0.1) is 6.04 Å². The van der Waals surface area contributed by atoms with E-state index in [4.69, 9.17) is 5.73 Å². The predicted octanol–water partition coefficient (Wildman–Crippen LogP) is -0.587. The molecule has 0 aromatic carbocycles. The topological polar surface area (TPSA) is 67.2 Å². The van der Waals surface area contributed by atoms with Crippen molar-refractivity contribution in [2.75, 3.05) is 13.1 Å². The van der Waals surface area contributed by atoms with Gasteiger partial charge in [0.15, 0.2) is 0 Å². The lowest BCUT2D eigenvalue weighted by molar-refractivity contribution is -0.114. The number of allylic oxidation sites excluding steroid dienone is 2. The molecule has 0 saturated heterocycles. The van der Waals surface area contributed by atoms with Crippen molar-refractivity contribution in [3.8, 4) is 0 Å². The Hall–Kier alpha value is -1.55. The van der Waals surface area contributed by atoms with Gasteiger partial charge in [-0.1, -0.05) is 18.2 Å². The van der Waals surface area contributed by atoms with Gasteiger partial charge in [-0.3, -0.25) is 4.79 Å². The largest absolute Gasteiger partial charge is 0.389 e. The highest BCUT2D eigenvalue weighted by Gasteiger charge is 2.23. The summed E-state index contributed by atoms with van der Waals surface area (Å²) in [4.78, 5) is 11.2. The molecule has 2 aliphatic rings. The van der Waals surface area contributed by atoms with Crippen LogP contribution in [0.3, 0.4) is 0 Å². The molecule has 0 aromatic heterocycles. The molecule has 4 nitrogen and oxygen atoms in total. The van der Waals surface area contributed by atoms with Crippen LogP contribution in [0, 0.1) is 0 Å². The smallest absolute Gasteiger partial charge is 0.246 e. The zero-order valence-corrected chi connectivity index (χ0v) is 7.79.